The molecule has 1 aliphatic rings. The molecule has 1 aromatic rings. The molecule has 8 nitrogen and oxygen atoms in total. The molecule has 0 unspecified atom stereocenters. The van der Waals surface area contributed by atoms with Crippen LogP contribution in [0.15, 0.2) is 29.2 Å². The summed E-state index contributed by atoms with van der Waals surface area (Å²) in [7, 11) is -5.74. The highest BCUT2D eigenvalue weighted by atomic mass is 32.2. The summed E-state index contributed by atoms with van der Waals surface area (Å²) in [6.07, 6.45) is 0.255. The molecule has 1 saturated heterocycles. The van der Waals surface area contributed by atoms with Crippen molar-refractivity contribution in [2.75, 3.05) is 18.6 Å². The lowest BCUT2D eigenvalue weighted by Gasteiger charge is -2.22. The van der Waals surface area contributed by atoms with Crippen LogP contribution in [0, 0.1) is 10.1 Å². The van der Waals surface area contributed by atoms with Crippen LogP contribution in [0.2, 0.25) is 0 Å². The number of non-ortho nitro benzene ring substituents is 1. The highest BCUT2D eigenvalue weighted by Gasteiger charge is 2.36. The van der Waals surface area contributed by atoms with E-state index in [1.54, 1.807) is 0 Å². The molecular formula is C11H14N2O6S2. The van der Waals surface area contributed by atoms with Crippen molar-refractivity contribution in [3.05, 3.63) is 34.4 Å². The minimum atomic E-state index is -3.87. The van der Waals surface area contributed by atoms with E-state index in [1.165, 1.54) is 7.05 Å². The largest absolute Gasteiger partial charge is 0.269 e. The van der Waals surface area contributed by atoms with Crippen molar-refractivity contribution in [2.24, 2.45) is 0 Å². The van der Waals surface area contributed by atoms with E-state index in [-0.39, 0.29) is 28.5 Å². The first kappa shape index (κ1) is 15.9. The number of sulfone groups is 1. The van der Waals surface area contributed by atoms with Crippen LogP contribution in [0.4, 0.5) is 5.69 Å². The van der Waals surface area contributed by atoms with Crippen LogP contribution in [-0.4, -0.2) is 50.7 Å². The number of hydrogen-bond acceptors (Lipinski definition) is 6. The van der Waals surface area contributed by atoms with Gasteiger partial charge in [0.1, 0.15) is 0 Å². The fraction of sp³-hybridized carbons (Fsp3) is 0.455. The highest BCUT2D eigenvalue weighted by molar-refractivity contribution is 7.92. The standard InChI is InChI=1S/C11H14N2O6S2/c1-12(10-6-7-20(16,17)8-10)21(18,19)11-4-2-9(3-5-11)13(14)15/h2-5,10H,6-8H2,1H3/t10-/m0/s1. The third-order valence-electron chi connectivity index (χ3n) is 3.45. The van der Waals surface area contributed by atoms with Crippen molar-refractivity contribution < 1.29 is 21.8 Å². The number of hydrogen-bond donors (Lipinski definition) is 0. The Bertz CT molecular complexity index is 754. The van der Waals surface area contributed by atoms with Gasteiger partial charge in [0.05, 0.1) is 21.3 Å². The van der Waals surface area contributed by atoms with Crippen LogP contribution in [-0.2, 0) is 19.9 Å². The number of rotatable bonds is 4. The number of nitro groups is 1. The minimum Gasteiger partial charge on any atom is -0.258 e. The SMILES string of the molecule is CN([C@H]1CCS(=O)(=O)C1)S(=O)(=O)c1ccc([N+](=O)[O-])cc1. The monoisotopic (exact) mass is 334 g/mol. The maximum atomic E-state index is 12.4. The van der Waals surface area contributed by atoms with E-state index in [0.29, 0.717) is 0 Å². The number of sulfonamides is 1. The molecule has 0 radical (unpaired) electrons. The maximum absolute atomic E-state index is 12.4. The third kappa shape index (κ3) is 3.22. The van der Waals surface area contributed by atoms with Crippen LogP contribution < -0.4 is 0 Å². The Hall–Kier alpha value is -1.52. The Balaban J connectivity index is 2.27. The molecule has 1 fully saturated rings. The predicted octanol–water partition coefficient (Wildman–Crippen LogP) is 0.402. The number of benzene rings is 1. The fourth-order valence-corrected chi connectivity index (χ4v) is 5.42. The summed E-state index contributed by atoms with van der Waals surface area (Å²) in [5, 5.41) is 10.6. The van der Waals surface area contributed by atoms with Gasteiger partial charge in [-0.05, 0) is 18.6 Å². The lowest BCUT2D eigenvalue weighted by molar-refractivity contribution is -0.384. The van der Waals surface area contributed by atoms with Gasteiger partial charge in [0.2, 0.25) is 10.0 Å². The van der Waals surface area contributed by atoms with Gasteiger partial charge in [0.15, 0.2) is 9.84 Å². The average molecular weight is 334 g/mol. The van der Waals surface area contributed by atoms with Gasteiger partial charge in [-0.2, -0.15) is 4.31 Å². The van der Waals surface area contributed by atoms with Crippen LogP contribution in [0.25, 0.3) is 0 Å². The third-order valence-corrected chi connectivity index (χ3v) is 7.12. The van der Waals surface area contributed by atoms with Gasteiger partial charge >= 0.3 is 0 Å². The first-order valence-electron chi connectivity index (χ1n) is 6.06. The fourth-order valence-electron chi connectivity index (χ4n) is 2.16. The van der Waals surface area contributed by atoms with E-state index in [0.717, 1.165) is 28.6 Å². The van der Waals surface area contributed by atoms with Gasteiger partial charge in [-0.1, -0.05) is 0 Å². The first-order valence-corrected chi connectivity index (χ1v) is 9.32. The zero-order valence-corrected chi connectivity index (χ0v) is 12.8. The van der Waals surface area contributed by atoms with Gasteiger partial charge in [-0.25, -0.2) is 16.8 Å². The van der Waals surface area contributed by atoms with Gasteiger partial charge in [-0.3, -0.25) is 10.1 Å². The van der Waals surface area contributed by atoms with Crippen molar-refractivity contribution in [1.82, 2.24) is 4.31 Å². The Labute approximate surface area is 122 Å². The molecule has 1 heterocycles. The zero-order valence-electron chi connectivity index (χ0n) is 11.2. The van der Waals surface area contributed by atoms with Gasteiger partial charge in [0, 0.05) is 25.2 Å². The number of nitro benzene ring substituents is 1. The average Bonchev–Trinajstić information content (AvgIpc) is 2.78. The van der Waals surface area contributed by atoms with Crippen molar-refractivity contribution in [3.8, 4) is 0 Å². The van der Waals surface area contributed by atoms with Gasteiger partial charge in [0.25, 0.3) is 5.69 Å². The Morgan fingerprint density at radius 2 is 1.86 bits per heavy atom. The smallest absolute Gasteiger partial charge is 0.258 e. The van der Waals surface area contributed by atoms with Crippen LogP contribution in [0.1, 0.15) is 6.42 Å². The van der Waals surface area contributed by atoms with Crippen molar-refractivity contribution in [3.63, 3.8) is 0 Å². The van der Waals surface area contributed by atoms with Crippen LogP contribution >= 0.6 is 0 Å². The van der Waals surface area contributed by atoms with Gasteiger partial charge < -0.3 is 0 Å². The maximum Gasteiger partial charge on any atom is 0.269 e. The molecule has 0 spiro atoms. The molecule has 0 N–H and O–H groups in total. The molecule has 0 saturated carbocycles. The molecule has 21 heavy (non-hydrogen) atoms. The summed E-state index contributed by atoms with van der Waals surface area (Å²) in [6.45, 7) is 0. The van der Waals surface area contributed by atoms with Crippen molar-refractivity contribution in [1.29, 1.82) is 0 Å². The zero-order chi connectivity index (χ0) is 15.8. The molecule has 1 atom stereocenters. The molecule has 1 aromatic carbocycles. The summed E-state index contributed by atoms with van der Waals surface area (Å²) >= 11 is 0. The Morgan fingerprint density at radius 1 is 1.29 bits per heavy atom. The van der Waals surface area contributed by atoms with Crippen LogP contribution in [0.3, 0.4) is 0 Å². The molecule has 0 bridgehead atoms. The van der Waals surface area contributed by atoms with Gasteiger partial charge in [-0.15, -0.1) is 0 Å². The topological polar surface area (TPSA) is 115 Å². The normalized spacial score (nSPS) is 21.5. The lowest BCUT2D eigenvalue weighted by Crippen LogP contribution is -2.37. The number of nitrogens with zero attached hydrogens (tertiary/aromatic N) is 2. The second-order valence-corrected chi connectivity index (χ2v) is 9.06. The summed E-state index contributed by atoms with van der Waals surface area (Å²) in [5.74, 6) is -0.229. The van der Waals surface area contributed by atoms with E-state index < -0.39 is 30.8 Å². The lowest BCUT2D eigenvalue weighted by atomic mass is 10.3. The predicted molar refractivity (Wildman–Crippen MR) is 75.1 cm³/mol. The second kappa shape index (κ2) is 5.35. The van der Waals surface area contributed by atoms with E-state index in [9.17, 15) is 26.9 Å². The second-order valence-electron chi connectivity index (χ2n) is 4.83. The molecule has 0 aliphatic carbocycles. The van der Waals surface area contributed by atoms with E-state index in [2.05, 4.69) is 0 Å². The summed E-state index contributed by atoms with van der Waals surface area (Å²) < 4.78 is 48.6. The summed E-state index contributed by atoms with van der Waals surface area (Å²) in [5.41, 5.74) is -0.208. The molecule has 1 aliphatic heterocycles. The molecule has 0 amide bonds. The summed E-state index contributed by atoms with van der Waals surface area (Å²) in [6, 6.07) is 3.90. The Kier molecular flexibility index (Phi) is 4.04. The van der Waals surface area contributed by atoms with Crippen molar-refractivity contribution in [2.45, 2.75) is 17.4 Å². The van der Waals surface area contributed by atoms with Crippen LogP contribution in [0.5, 0.6) is 0 Å². The minimum absolute atomic E-state index is 0.0300. The highest BCUT2D eigenvalue weighted by Crippen LogP contribution is 2.24. The quantitative estimate of drug-likeness (QED) is 0.581. The molecule has 0 aromatic heterocycles. The van der Waals surface area contributed by atoms with Crippen molar-refractivity contribution >= 4 is 25.5 Å². The molecule has 10 heteroatoms. The first-order chi connectivity index (χ1) is 9.63. The molecule has 2 rings (SSSR count). The molecular weight excluding hydrogens is 320 g/mol. The van der Waals surface area contributed by atoms with E-state index in [1.807, 2.05) is 0 Å². The van der Waals surface area contributed by atoms with E-state index in [4.69, 9.17) is 0 Å². The molecule has 116 valence electrons. The summed E-state index contributed by atoms with van der Waals surface area (Å²) in [4.78, 5) is 9.84. The Morgan fingerprint density at radius 3 is 2.29 bits per heavy atom. The van der Waals surface area contributed by atoms with E-state index >= 15 is 0 Å².